The molecule has 6 heteroatoms. The lowest BCUT2D eigenvalue weighted by Crippen LogP contribution is -2.02. The Labute approximate surface area is 143 Å². The molecule has 4 rings (SSSR count). The molecule has 0 spiro atoms. The van der Waals surface area contributed by atoms with Crippen molar-refractivity contribution in [3.63, 3.8) is 0 Å². The molecular formula is C17H18BrN5. The number of aromatic nitrogens is 4. The summed E-state index contributed by atoms with van der Waals surface area (Å²) in [7, 11) is 0. The van der Waals surface area contributed by atoms with Crippen LogP contribution in [0.2, 0.25) is 0 Å². The smallest absolute Gasteiger partial charge is 0.165 e. The summed E-state index contributed by atoms with van der Waals surface area (Å²) in [5, 5.41) is 3.42. The molecule has 3 aromatic rings. The fourth-order valence-corrected chi connectivity index (χ4v) is 3.60. The summed E-state index contributed by atoms with van der Waals surface area (Å²) >= 11 is 3.50. The summed E-state index contributed by atoms with van der Waals surface area (Å²) in [6, 6.07) is 6.16. The predicted octanol–water partition coefficient (Wildman–Crippen LogP) is 4.37. The van der Waals surface area contributed by atoms with E-state index in [9.17, 15) is 0 Å². The second-order valence-electron chi connectivity index (χ2n) is 5.97. The fourth-order valence-electron chi connectivity index (χ4n) is 3.12. The van der Waals surface area contributed by atoms with E-state index >= 15 is 0 Å². The van der Waals surface area contributed by atoms with E-state index in [1.54, 1.807) is 6.33 Å². The molecular weight excluding hydrogens is 354 g/mol. The van der Waals surface area contributed by atoms with Gasteiger partial charge < -0.3 is 9.88 Å². The first-order valence-corrected chi connectivity index (χ1v) is 8.75. The Hall–Kier alpha value is -1.95. The molecule has 0 atom stereocenters. The summed E-state index contributed by atoms with van der Waals surface area (Å²) in [5.41, 5.74) is 4.00. The number of hydrogen-bond donors (Lipinski definition) is 1. The largest absolute Gasteiger partial charge is 0.338 e. The van der Waals surface area contributed by atoms with Gasteiger partial charge in [0.1, 0.15) is 12.2 Å². The molecule has 1 aliphatic heterocycles. The molecule has 2 aromatic heterocycles. The van der Waals surface area contributed by atoms with Crippen molar-refractivity contribution in [1.29, 1.82) is 0 Å². The van der Waals surface area contributed by atoms with E-state index in [4.69, 9.17) is 4.98 Å². The number of fused-ring (bicyclic) bond motifs is 3. The Morgan fingerprint density at radius 3 is 2.96 bits per heavy atom. The molecule has 0 saturated heterocycles. The standard InChI is InChI=1S/C17H18BrN5/c1-11-9-12(18)6-7-13(11)21-16-15-17(20-10-19-16)23-8-4-2-3-5-14(23)22-15/h6-7,9-10H,2-5,8H2,1H3,(H,19,20,21). The monoisotopic (exact) mass is 371 g/mol. The first-order valence-electron chi connectivity index (χ1n) is 7.95. The average molecular weight is 372 g/mol. The number of nitrogens with one attached hydrogen (secondary N) is 1. The maximum absolute atomic E-state index is 4.82. The molecule has 118 valence electrons. The van der Waals surface area contributed by atoms with Gasteiger partial charge in [0.2, 0.25) is 0 Å². The van der Waals surface area contributed by atoms with E-state index in [0.717, 1.165) is 51.5 Å². The topological polar surface area (TPSA) is 55.6 Å². The van der Waals surface area contributed by atoms with Gasteiger partial charge in [0.05, 0.1) is 0 Å². The lowest BCUT2D eigenvalue weighted by Gasteiger charge is -2.09. The van der Waals surface area contributed by atoms with Crippen molar-refractivity contribution in [2.45, 2.75) is 39.2 Å². The zero-order chi connectivity index (χ0) is 15.8. The molecule has 5 nitrogen and oxygen atoms in total. The predicted molar refractivity (Wildman–Crippen MR) is 95.0 cm³/mol. The van der Waals surface area contributed by atoms with Crippen molar-refractivity contribution in [2.24, 2.45) is 0 Å². The lowest BCUT2D eigenvalue weighted by atomic mass is 10.2. The highest BCUT2D eigenvalue weighted by Gasteiger charge is 2.17. The molecule has 1 aliphatic rings. The van der Waals surface area contributed by atoms with Gasteiger partial charge in [0.25, 0.3) is 0 Å². The molecule has 0 radical (unpaired) electrons. The number of anilines is 2. The van der Waals surface area contributed by atoms with Crippen LogP contribution >= 0.6 is 15.9 Å². The van der Waals surface area contributed by atoms with Gasteiger partial charge >= 0.3 is 0 Å². The van der Waals surface area contributed by atoms with Gasteiger partial charge in [-0.15, -0.1) is 0 Å². The van der Waals surface area contributed by atoms with Gasteiger partial charge in [-0.3, -0.25) is 0 Å². The number of nitrogens with zero attached hydrogens (tertiary/aromatic N) is 4. The Morgan fingerprint density at radius 1 is 1.17 bits per heavy atom. The zero-order valence-corrected chi connectivity index (χ0v) is 14.6. The summed E-state index contributed by atoms with van der Waals surface area (Å²) in [4.78, 5) is 13.7. The van der Waals surface area contributed by atoms with E-state index in [2.05, 4.69) is 48.8 Å². The Bertz CT molecular complexity index is 871. The molecule has 1 aromatic carbocycles. The minimum Gasteiger partial charge on any atom is -0.338 e. The highest BCUT2D eigenvalue weighted by atomic mass is 79.9. The quantitative estimate of drug-likeness (QED) is 0.726. The molecule has 0 bridgehead atoms. The number of aryl methyl sites for hydroxylation is 3. The molecule has 0 amide bonds. The van der Waals surface area contributed by atoms with Crippen molar-refractivity contribution in [3.05, 3.63) is 40.4 Å². The fraction of sp³-hybridized carbons (Fsp3) is 0.353. The van der Waals surface area contributed by atoms with E-state index in [1.807, 2.05) is 12.1 Å². The second kappa shape index (κ2) is 5.92. The summed E-state index contributed by atoms with van der Waals surface area (Å²) in [5.74, 6) is 1.91. The number of rotatable bonds is 2. The first-order chi connectivity index (χ1) is 11.2. The Kier molecular flexibility index (Phi) is 3.77. The SMILES string of the molecule is Cc1cc(Br)ccc1Nc1ncnc2c1nc1n2CCCCC1. The van der Waals surface area contributed by atoms with Gasteiger partial charge in [0.15, 0.2) is 17.0 Å². The van der Waals surface area contributed by atoms with Crippen molar-refractivity contribution < 1.29 is 0 Å². The molecule has 1 N–H and O–H groups in total. The van der Waals surface area contributed by atoms with E-state index < -0.39 is 0 Å². The maximum atomic E-state index is 4.82. The molecule has 23 heavy (non-hydrogen) atoms. The van der Waals surface area contributed by atoms with Crippen LogP contribution in [-0.2, 0) is 13.0 Å². The van der Waals surface area contributed by atoms with Crippen LogP contribution in [-0.4, -0.2) is 19.5 Å². The molecule has 0 fully saturated rings. The highest BCUT2D eigenvalue weighted by molar-refractivity contribution is 9.10. The van der Waals surface area contributed by atoms with Gasteiger partial charge in [-0.1, -0.05) is 22.4 Å². The van der Waals surface area contributed by atoms with E-state index in [1.165, 1.54) is 19.3 Å². The third-order valence-corrected chi connectivity index (χ3v) is 4.83. The van der Waals surface area contributed by atoms with Gasteiger partial charge in [-0.05, 0) is 43.5 Å². The van der Waals surface area contributed by atoms with E-state index in [0.29, 0.717) is 0 Å². The number of hydrogen-bond acceptors (Lipinski definition) is 4. The van der Waals surface area contributed by atoms with Crippen LogP contribution in [0.25, 0.3) is 11.2 Å². The minimum atomic E-state index is 0.779. The van der Waals surface area contributed by atoms with Crippen LogP contribution in [0.5, 0.6) is 0 Å². The summed E-state index contributed by atoms with van der Waals surface area (Å²) < 4.78 is 3.32. The first kappa shape index (κ1) is 14.6. The van der Waals surface area contributed by atoms with Crippen molar-refractivity contribution in [2.75, 3.05) is 5.32 Å². The van der Waals surface area contributed by atoms with Crippen molar-refractivity contribution >= 4 is 38.6 Å². The summed E-state index contributed by atoms with van der Waals surface area (Å²) in [6.07, 6.45) is 6.30. The number of benzene rings is 1. The summed E-state index contributed by atoms with van der Waals surface area (Å²) in [6.45, 7) is 3.08. The number of imidazole rings is 1. The third kappa shape index (κ3) is 2.72. The minimum absolute atomic E-state index is 0.779. The highest BCUT2D eigenvalue weighted by Crippen LogP contribution is 2.28. The average Bonchev–Trinajstić information content (AvgIpc) is 2.73. The van der Waals surface area contributed by atoms with Crippen LogP contribution in [0.4, 0.5) is 11.5 Å². The van der Waals surface area contributed by atoms with Crippen molar-refractivity contribution in [1.82, 2.24) is 19.5 Å². The molecule has 3 heterocycles. The van der Waals surface area contributed by atoms with Crippen LogP contribution in [0, 0.1) is 6.92 Å². The molecule has 0 saturated carbocycles. The lowest BCUT2D eigenvalue weighted by molar-refractivity contribution is 0.643. The van der Waals surface area contributed by atoms with Crippen LogP contribution in [0.1, 0.15) is 30.7 Å². The molecule has 0 aliphatic carbocycles. The van der Waals surface area contributed by atoms with Crippen LogP contribution in [0.3, 0.4) is 0 Å². The van der Waals surface area contributed by atoms with Crippen LogP contribution < -0.4 is 5.32 Å². The number of halogens is 1. The maximum Gasteiger partial charge on any atom is 0.165 e. The zero-order valence-electron chi connectivity index (χ0n) is 13.0. The molecule has 0 unspecified atom stereocenters. The van der Waals surface area contributed by atoms with Gasteiger partial charge in [-0.25, -0.2) is 15.0 Å². The Balaban J connectivity index is 1.78. The van der Waals surface area contributed by atoms with Gasteiger partial charge in [0, 0.05) is 23.1 Å². The van der Waals surface area contributed by atoms with Gasteiger partial charge in [-0.2, -0.15) is 0 Å². The van der Waals surface area contributed by atoms with E-state index in [-0.39, 0.29) is 0 Å². The normalized spacial score (nSPS) is 14.5. The second-order valence-corrected chi connectivity index (χ2v) is 6.88. The van der Waals surface area contributed by atoms with Crippen LogP contribution in [0.15, 0.2) is 29.0 Å². The Morgan fingerprint density at radius 2 is 2.09 bits per heavy atom. The third-order valence-electron chi connectivity index (χ3n) is 4.33. The van der Waals surface area contributed by atoms with Crippen molar-refractivity contribution in [3.8, 4) is 0 Å².